The summed E-state index contributed by atoms with van der Waals surface area (Å²) in [5.41, 5.74) is 0.836. The van der Waals surface area contributed by atoms with Crippen molar-refractivity contribution >= 4 is 6.08 Å². The standard InChI is InChI=1S/C15H14O3/c1-10-6-7-11(17-10)8-9-14-15(16)12-4-2-3-5-13(12)18-14/h2-9,14-16H,1H3. The van der Waals surface area contributed by atoms with E-state index in [1.165, 1.54) is 0 Å². The first-order valence-electron chi connectivity index (χ1n) is 5.92. The zero-order valence-electron chi connectivity index (χ0n) is 10.0. The summed E-state index contributed by atoms with van der Waals surface area (Å²) < 4.78 is 11.1. The van der Waals surface area contributed by atoms with Gasteiger partial charge < -0.3 is 14.3 Å². The molecule has 1 aromatic heterocycles. The van der Waals surface area contributed by atoms with Crippen molar-refractivity contribution in [2.75, 3.05) is 0 Å². The summed E-state index contributed by atoms with van der Waals surface area (Å²) in [6.45, 7) is 1.90. The van der Waals surface area contributed by atoms with Crippen molar-refractivity contribution in [3.8, 4) is 5.75 Å². The number of ether oxygens (including phenoxy) is 1. The molecule has 1 aromatic carbocycles. The van der Waals surface area contributed by atoms with Crippen molar-refractivity contribution < 1.29 is 14.3 Å². The van der Waals surface area contributed by atoms with E-state index >= 15 is 0 Å². The third kappa shape index (κ3) is 1.93. The molecule has 2 atom stereocenters. The number of aryl methyl sites for hydroxylation is 1. The van der Waals surface area contributed by atoms with Gasteiger partial charge in [0.15, 0.2) is 0 Å². The zero-order valence-corrected chi connectivity index (χ0v) is 10.0. The molecule has 2 aromatic rings. The minimum absolute atomic E-state index is 0.354. The minimum Gasteiger partial charge on any atom is -0.483 e. The van der Waals surface area contributed by atoms with E-state index in [9.17, 15) is 5.11 Å². The molecule has 0 saturated heterocycles. The Bertz CT molecular complexity index is 583. The lowest BCUT2D eigenvalue weighted by Crippen LogP contribution is -2.14. The van der Waals surface area contributed by atoms with E-state index in [-0.39, 0.29) is 6.10 Å². The van der Waals surface area contributed by atoms with Gasteiger partial charge in [-0.05, 0) is 37.3 Å². The summed E-state index contributed by atoms with van der Waals surface area (Å²) in [5.74, 6) is 2.38. The summed E-state index contributed by atoms with van der Waals surface area (Å²) in [6, 6.07) is 11.3. The highest BCUT2D eigenvalue weighted by molar-refractivity contribution is 5.47. The highest BCUT2D eigenvalue weighted by atomic mass is 16.5. The number of aliphatic hydroxyl groups excluding tert-OH is 1. The molecular formula is C15H14O3. The van der Waals surface area contributed by atoms with Crippen LogP contribution in [-0.4, -0.2) is 11.2 Å². The average molecular weight is 242 g/mol. The molecule has 18 heavy (non-hydrogen) atoms. The Kier molecular flexibility index (Phi) is 2.68. The van der Waals surface area contributed by atoms with Gasteiger partial charge in [-0.2, -0.15) is 0 Å². The molecule has 3 nitrogen and oxygen atoms in total. The molecule has 1 N–H and O–H groups in total. The molecule has 0 bridgehead atoms. The van der Waals surface area contributed by atoms with Gasteiger partial charge in [0.05, 0.1) is 0 Å². The van der Waals surface area contributed by atoms with Gasteiger partial charge in [-0.1, -0.05) is 18.2 Å². The second-order valence-corrected chi connectivity index (χ2v) is 4.37. The first-order valence-corrected chi connectivity index (χ1v) is 5.92. The van der Waals surface area contributed by atoms with Crippen LogP contribution in [0.1, 0.15) is 23.2 Å². The van der Waals surface area contributed by atoms with Gasteiger partial charge in [0, 0.05) is 5.56 Å². The highest BCUT2D eigenvalue weighted by Crippen LogP contribution is 2.36. The van der Waals surface area contributed by atoms with Crippen molar-refractivity contribution in [1.29, 1.82) is 0 Å². The number of fused-ring (bicyclic) bond motifs is 1. The molecule has 1 aliphatic rings. The van der Waals surface area contributed by atoms with E-state index in [2.05, 4.69) is 0 Å². The maximum atomic E-state index is 10.1. The number of aliphatic hydroxyl groups is 1. The number of hydrogen-bond donors (Lipinski definition) is 1. The summed E-state index contributed by atoms with van der Waals surface area (Å²) in [4.78, 5) is 0. The average Bonchev–Trinajstić information content (AvgIpc) is 2.92. The second kappa shape index (κ2) is 4.35. The Morgan fingerprint density at radius 2 is 2.00 bits per heavy atom. The molecule has 0 saturated carbocycles. The van der Waals surface area contributed by atoms with E-state index in [4.69, 9.17) is 9.15 Å². The third-order valence-corrected chi connectivity index (χ3v) is 3.02. The summed E-state index contributed by atoms with van der Waals surface area (Å²) in [5, 5.41) is 10.1. The van der Waals surface area contributed by atoms with E-state index < -0.39 is 6.10 Å². The van der Waals surface area contributed by atoms with Gasteiger partial charge in [-0.15, -0.1) is 0 Å². The third-order valence-electron chi connectivity index (χ3n) is 3.02. The molecule has 0 amide bonds. The van der Waals surface area contributed by atoms with Crippen molar-refractivity contribution in [2.45, 2.75) is 19.1 Å². The van der Waals surface area contributed by atoms with Gasteiger partial charge in [0.1, 0.15) is 29.5 Å². The van der Waals surface area contributed by atoms with Crippen LogP contribution in [0.4, 0.5) is 0 Å². The molecule has 0 aliphatic carbocycles. The smallest absolute Gasteiger partial charge is 0.147 e. The Morgan fingerprint density at radius 1 is 1.17 bits per heavy atom. The van der Waals surface area contributed by atoms with Gasteiger partial charge >= 0.3 is 0 Å². The van der Waals surface area contributed by atoms with Crippen LogP contribution >= 0.6 is 0 Å². The van der Waals surface area contributed by atoms with Crippen LogP contribution in [0.5, 0.6) is 5.75 Å². The Labute approximate surface area is 105 Å². The number of hydrogen-bond acceptors (Lipinski definition) is 3. The Hall–Kier alpha value is -2.00. The molecule has 0 radical (unpaired) electrons. The SMILES string of the molecule is Cc1ccc(C=CC2Oc3ccccc3C2O)o1. The molecule has 2 heterocycles. The topological polar surface area (TPSA) is 42.6 Å². The molecule has 1 aliphatic heterocycles. The maximum Gasteiger partial charge on any atom is 0.147 e. The van der Waals surface area contributed by atoms with Gasteiger partial charge in [0.2, 0.25) is 0 Å². The van der Waals surface area contributed by atoms with Crippen molar-refractivity contribution in [1.82, 2.24) is 0 Å². The summed E-state index contributed by atoms with van der Waals surface area (Å²) in [6.07, 6.45) is 2.68. The van der Waals surface area contributed by atoms with Crippen LogP contribution in [-0.2, 0) is 0 Å². The first-order chi connectivity index (χ1) is 8.74. The van der Waals surface area contributed by atoms with E-state index in [1.54, 1.807) is 0 Å². The molecule has 3 rings (SSSR count). The van der Waals surface area contributed by atoms with Crippen LogP contribution in [0.2, 0.25) is 0 Å². The molecule has 92 valence electrons. The largest absolute Gasteiger partial charge is 0.483 e. The Morgan fingerprint density at radius 3 is 2.72 bits per heavy atom. The highest BCUT2D eigenvalue weighted by Gasteiger charge is 2.30. The first kappa shape index (κ1) is 11.1. The van der Waals surface area contributed by atoms with Crippen LogP contribution in [0.25, 0.3) is 6.08 Å². The predicted octanol–water partition coefficient (Wildman–Crippen LogP) is 3.10. The van der Waals surface area contributed by atoms with Crippen LogP contribution in [0, 0.1) is 6.92 Å². The fraction of sp³-hybridized carbons (Fsp3) is 0.200. The summed E-state index contributed by atoms with van der Waals surface area (Å²) in [7, 11) is 0. The lowest BCUT2D eigenvalue weighted by molar-refractivity contribution is 0.0971. The molecule has 3 heteroatoms. The lowest BCUT2D eigenvalue weighted by atomic mass is 10.1. The normalized spacial score (nSPS) is 22.1. The molecule has 0 fully saturated rings. The number of furan rings is 1. The van der Waals surface area contributed by atoms with Gasteiger partial charge in [-0.3, -0.25) is 0 Å². The number of rotatable bonds is 2. The van der Waals surface area contributed by atoms with E-state index in [0.717, 1.165) is 22.8 Å². The van der Waals surface area contributed by atoms with E-state index in [1.807, 2.05) is 55.5 Å². The second-order valence-electron chi connectivity index (χ2n) is 4.37. The number of benzene rings is 1. The monoisotopic (exact) mass is 242 g/mol. The zero-order chi connectivity index (χ0) is 12.5. The summed E-state index contributed by atoms with van der Waals surface area (Å²) >= 11 is 0. The van der Waals surface area contributed by atoms with Crippen LogP contribution < -0.4 is 4.74 Å². The van der Waals surface area contributed by atoms with Crippen molar-refractivity contribution in [2.24, 2.45) is 0 Å². The van der Waals surface area contributed by atoms with Crippen molar-refractivity contribution in [3.05, 3.63) is 59.6 Å². The molecule has 2 unspecified atom stereocenters. The molecule has 0 spiro atoms. The lowest BCUT2D eigenvalue weighted by Gasteiger charge is -2.08. The minimum atomic E-state index is -0.617. The van der Waals surface area contributed by atoms with Gasteiger partial charge in [0.25, 0.3) is 0 Å². The quantitative estimate of drug-likeness (QED) is 0.879. The molecular weight excluding hydrogens is 228 g/mol. The van der Waals surface area contributed by atoms with Crippen LogP contribution in [0.3, 0.4) is 0 Å². The fourth-order valence-corrected chi connectivity index (χ4v) is 2.10. The van der Waals surface area contributed by atoms with Crippen molar-refractivity contribution in [3.63, 3.8) is 0 Å². The van der Waals surface area contributed by atoms with Crippen LogP contribution in [0.15, 0.2) is 46.9 Å². The fourth-order valence-electron chi connectivity index (χ4n) is 2.10. The van der Waals surface area contributed by atoms with Gasteiger partial charge in [-0.25, -0.2) is 0 Å². The maximum absolute atomic E-state index is 10.1. The predicted molar refractivity (Wildman–Crippen MR) is 68.3 cm³/mol. The Balaban J connectivity index is 1.78. The number of para-hydroxylation sites is 1. The van der Waals surface area contributed by atoms with E-state index in [0.29, 0.717) is 0 Å².